The lowest BCUT2D eigenvalue weighted by molar-refractivity contribution is -0.146. The molecule has 200 valence electrons. The maximum absolute atomic E-state index is 12.9. The first-order valence-electron chi connectivity index (χ1n) is 12.8. The molecule has 3 aromatic rings. The molecular formula is C29H29F3N2O4. The topological polar surface area (TPSA) is 77.6 Å². The fourth-order valence-electron chi connectivity index (χ4n) is 5.21. The fraction of sp³-hybridized carbons (Fsp3) is 0.448. The molecule has 2 aliphatic carbocycles. The Morgan fingerprint density at radius 2 is 1.79 bits per heavy atom. The number of ether oxygens (including phenoxy) is 2. The van der Waals surface area contributed by atoms with Crippen LogP contribution in [0.15, 0.2) is 47.0 Å². The van der Waals surface area contributed by atoms with Crippen LogP contribution in [0.1, 0.15) is 68.3 Å². The van der Waals surface area contributed by atoms with Gasteiger partial charge in [0.05, 0.1) is 24.7 Å². The first-order chi connectivity index (χ1) is 18.3. The standard InChI is InChI=1S/C29H29F3N2O4/c1-36-24-10-9-21(18-25(24)37-23-7-2-3-8-23)28(15-12-22(35)13-16-28)14-11-19-5-4-6-20(17-19)26-33-27(34-38-26)29(30,31)32/h4-6,9-10,17-18,22-23,35H,2-3,7-8,12-13,15-16H2,1H3/t22-,28-. The Labute approximate surface area is 219 Å². The van der Waals surface area contributed by atoms with Gasteiger partial charge in [0.25, 0.3) is 11.7 Å². The molecule has 5 rings (SSSR count). The number of rotatable bonds is 5. The summed E-state index contributed by atoms with van der Waals surface area (Å²) in [4.78, 5) is 3.48. The summed E-state index contributed by atoms with van der Waals surface area (Å²) < 4.78 is 55.4. The highest BCUT2D eigenvalue weighted by Crippen LogP contribution is 2.43. The van der Waals surface area contributed by atoms with Crippen molar-refractivity contribution in [3.63, 3.8) is 0 Å². The maximum atomic E-state index is 12.9. The second-order valence-electron chi connectivity index (χ2n) is 9.95. The molecular weight excluding hydrogens is 497 g/mol. The Morgan fingerprint density at radius 1 is 1.03 bits per heavy atom. The second-order valence-corrected chi connectivity index (χ2v) is 9.95. The molecule has 6 nitrogen and oxygen atoms in total. The largest absolute Gasteiger partial charge is 0.493 e. The van der Waals surface area contributed by atoms with Crippen LogP contribution < -0.4 is 9.47 Å². The molecule has 0 atom stereocenters. The third-order valence-electron chi connectivity index (χ3n) is 7.36. The Kier molecular flexibility index (Phi) is 7.35. The lowest BCUT2D eigenvalue weighted by Gasteiger charge is -2.35. The molecule has 1 N–H and O–H groups in total. The van der Waals surface area contributed by atoms with Gasteiger partial charge in [-0.2, -0.15) is 18.2 Å². The zero-order valence-corrected chi connectivity index (χ0v) is 21.1. The summed E-state index contributed by atoms with van der Waals surface area (Å²) >= 11 is 0. The van der Waals surface area contributed by atoms with Crippen LogP contribution in [0, 0.1) is 11.8 Å². The van der Waals surface area contributed by atoms with Crippen LogP contribution in [0.3, 0.4) is 0 Å². The molecule has 0 unspecified atom stereocenters. The summed E-state index contributed by atoms with van der Waals surface area (Å²) in [6, 6.07) is 12.6. The summed E-state index contributed by atoms with van der Waals surface area (Å²) in [5.41, 5.74) is 1.43. The zero-order valence-electron chi connectivity index (χ0n) is 21.1. The zero-order chi connectivity index (χ0) is 26.8. The number of methoxy groups -OCH3 is 1. The summed E-state index contributed by atoms with van der Waals surface area (Å²) in [5.74, 6) is 6.50. The normalized spacial score (nSPS) is 22.1. The number of aliphatic hydroxyl groups is 1. The predicted molar refractivity (Wildman–Crippen MR) is 134 cm³/mol. The molecule has 0 bridgehead atoms. The van der Waals surface area contributed by atoms with Crippen LogP contribution in [0.5, 0.6) is 11.5 Å². The Hall–Kier alpha value is -3.51. The number of aliphatic hydroxyl groups excluding tert-OH is 1. The molecule has 1 aromatic heterocycles. The van der Waals surface area contributed by atoms with Crippen molar-refractivity contribution < 1.29 is 32.3 Å². The van der Waals surface area contributed by atoms with Crippen LogP contribution in [-0.2, 0) is 11.6 Å². The highest BCUT2D eigenvalue weighted by Gasteiger charge is 2.38. The van der Waals surface area contributed by atoms with Gasteiger partial charge in [-0.1, -0.05) is 29.1 Å². The monoisotopic (exact) mass is 526 g/mol. The molecule has 0 amide bonds. The molecule has 0 saturated heterocycles. The van der Waals surface area contributed by atoms with Crippen LogP contribution in [-0.4, -0.2) is 34.6 Å². The summed E-state index contributed by atoms with van der Waals surface area (Å²) in [7, 11) is 1.62. The van der Waals surface area contributed by atoms with E-state index in [2.05, 4.69) is 22.0 Å². The number of halogens is 3. The van der Waals surface area contributed by atoms with Crippen molar-refractivity contribution in [3.8, 4) is 34.8 Å². The van der Waals surface area contributed by atoms with Crippen molar-refractivity contribution in [2.24, 2.45) is 0 Å². The molecule has 0 aliphatic heterocycles. The molecule has 9 heteroatoms. The van der Waals surface area contributed by atoms with Gasteiger partial charge in [0.1, 0.15) is 0 Å². The number of benzene rings is 2. The summed E-state index contributed by atoms with van der Waals surface area (Å²) in [5, 5.41) is 13.3. The Bertz CT molecular complexity index is 1330. The number of aromatic nitrogens is 2. The highest BCUT2D eigenvalue weighted by molar-refractivity contribution is 5.57. The van der Waals surface area contributed by atoms with Crippen LogP contribution in [0.2, 0.25) is 0 Å². The fourth-order valence-corrected chi connectivity index (χ4v) is 5.21. The minimum Gasteiger partial charge on any atom is -0.493 e. The Balaban J connectivity index is 1.47. The molecule has 2 aromatic carbocycles. The third kappa shape index (κ3) is 5.65. The van der Waals surface area contributed by atoms with Gasteiger partial charge in [-0.3, -0.25) is 0 Å². The van der Waals surface area contributed by atoms with Gasteiger partial charge >= 0.3 is 6.18 Å². The highest BCUT2D eigenvalue weighted by atomic mass is 19.4. The van der Waals surface area contributed by atoms with Crippen molar-refractivity contribution >= 4 is 0 Å². The third-order valence-corrected chi connectivity index (χ3v) is 7.36. The van der Waals surface area contributed by atoms with Crippen molar-refractivity contribution in [1.82, 2.24) is 10.1 Å². The molecule has 2 fully saturated rings. The first-order valence-corrected chi connectivity index (χ1v) is 12.8. The van der Waals surface area contributed by atoms with Gasteiger partial charge in [0.2, 0.25) is 0 Å². The van der Waals surface area contributed by atoms with Crippen molar-refractivity contribution in [2.45, 2.75) is 75.2 Å². The average Bonchev–Trinajstić information content (AvgIpc) is 3.62. The number of hydrogen-bond acceptors (Lipinski definition) is 6. The minimum absolute atomic E-state index is 0.166. The summed E-state index contributed by atoms with van der Waals surface area (Å²) in [6.07, 6.45) is 2.00. The molecule has 0 radical (unpaired) electrons. The summed E-state index contributed by atoms with van der Waals surface area (Å²) in [6.45, 7) is 0. The Morgan fingerprint density at radius 3 is 2.47 bits per heavy atom. The van der Waals surface area contributed by atoms with Gasteiger partial charge in [-0.15, -0.1) is 0 Å². The number of nitrogens with zero attached hydrogens (tertiary/aromatic N) is 2. The maximum Gasteiger partial charge on any atom is 0.455 e. The molecule has 38 heavy (non-hydrogen) atoms. The second kappa shape index (κ2) is 10.7. The van der Waals surface area contributed by atoms with E-state index in [1.54, 1.807) is 31.4 Å². The van der Waals surface area contributed by atoms with Gasteiger partial charge < -0.3 is 19.1 Å². The van der Waals surface area contributed by atoms with Gasteiger partial charge in [-0.05, 0) is 87.3 Å². The van der Waals surface area contributed by atoms with Crippen LogP contribution in [0.25, 0.3) is 11.5 Å². The van der Waals surface area contributed by atoms with Gasteiger partial charge in [0.15, 0.2) is 11.5 Å². The minimum atomic E-state index is -4.68. The average molecular weight is 527 g/mol. The molecule has 2 saturated carbocycles. The van der Waals surface area contributed by atoms with E-state index in [-0.39, 0.29) is 18.1 Å². The van der Waals surface area contributed by atoms with E-state index in [1.807, 2.05) is 18.2 Å². The molecule has 1 heterocycles. The smallest absolute Gasteiger partial charge is 0.455 e. The van der Waals surface area contributed by atoms with E-state index in [0.29, 0.717) is 48.3 Å². The van der Waals surface area contributed by atoms with E-state index >= 15 is 0 Å². The SMILES string of the molecule is COc1ccc([C@]2(C#Cc3cccc(-c4nc(C(F)(F)F)no4)c3)CC[C@@H](O)CC2)cc1OC1CCCC1. The van der Waals surface area contributed by atoms with Crippen molar-refractivity contribution in [2.75, 3.05) is 7.11 Å². The first kappa shape index (κ1) is 26.1. The number of alkyl halides is 3. The van der Waals surface area contributed by atoms with E-state index in [9.17, 15) is 18.3 Å². The van der Waals surface area contributed by atoms with Crippen molar-refractivity contribution in [1.29, 1.82) is 0 Å². The number of hydrogen-bond donors (Lipinski definition) is 1. The molecule has 2 aliphatic rings. The van der Waals surface area contributed by atoms with Crippen LogP contribution in [0.4, 0.5) is 13.2 Å². The lowest BCUT2D eigenvalue weighted by atomic mass is 9.69. The van der Waals surface area contributed by atoms with E-state index < -0.39 is 17.4 Å². The van der Waals surface area contributed by atoms with Crippen molar-refractivity contribution in [3.05, 3.63) is 59.4 Å². The van der Waals surface area contributed by atoms with E-state index in [0.717, 1.165) is 31.2 Å². The van der Waals surface area contributed by atoms with E-state index in [1.165, 1.54) is 0 Å². The van der Waals surface area contributed by atoms with Crippen LogP contribution >= 0.6 is 0 Å². The van der Waals surface area contributed by atoms with Gasteiger partial charge in [-0.25, -0.2) is 0 Å². The molecule has 0 spiro atoms. The van der Waals surface area contributed by atoms with Gasteiger partial charge in [0, 0.05) is 11.1 Å². The predicted octanol–water partition coefficient (Wildman–Crippen LogP) is 6.31. The van der Waals surface area contributed by atoms with E-state index in [4.69, 9.17) is 14.0 Å². The lowest BCUT2D eigenvalue weighted by Crippen LogP contribution is -2.32. The quantitative estimate of drug-likeness (QED) is 0.393.